The first-order valence-corrected chi connectivity index (χ1v) is 7.84. The Morgan fingerprint density at radius 2 is 2.05 bits per heavy atom. The zero-order valence-corrected chi connectivity index (χ0v) is 13.9. The summed E-state index contributed by atoms with van der Waals surface area (Å²) in [6.45, 7) is 9.36. The lowest BCUT2D eigenvalue weighted by molar-refractivity contribution is 0.0635. The molecule has 1 N–H and O–H groups in total. The van der Waals surface area contributed by atoms with Crippen LogP contribution in [0.15, 0.2) is 12.1 Å². The van der Waals surface area contributed by atoms with Gasteiger partial charge in [-0.2, -0.15) is 0 Å². The molecule has 0 radical (unpaired) electrons. The van der Waals surface area contributed by atoms with Crippen molar-refractivity contribution in [2.24, 2.45) is 0 Å². The van der Waals surface area contributed by atoms with Gasteiger partial charge >= 0.3 is 0 Å². The first-order valence-electron chi connectivity index (χ1n) is 7.84. The van der Waals surface area contributed by atoms with E-state index in [0.29, 0.717) is 6.04 Å². The lowest BCUT2D eigenvalue weighted by Crippen LogP contribution is -2.42. The van der Waals surface area contributed by atoms with Crippen molar-refractivity contribution in [3.05, 3.63) is 23.4 Å². The number of nitrogens with one attached hydrogen (secondary N) is 1. The molecule has 0 saturated carbocycles. The summed E-state index contributed by atoms with van der Waals surface area (Å²) in [6.07, 6.45) is 3.42. The number of amides is 1. The van der Waals surface area contributed by atoms with Crippen LogP contribution in [0.2, 0.25) is 0 Å². The molecule has 0 spiro atoms. The molecule has 1 aromatic rings. The third-order valence-corrected chi connectivity index (χ3v) is 4.16. The number of anilines is 1. The van der Waals surface area contributed by atoms with Gasteiger partial charge in [0.1, 0.15) is 5.82 Å². The molecule has 0 aromatic carbocycles. The van der Waals surface area contributed by atoms with Gasteiger partial charge in [0.2, 0.25) is 0 Å². The van der Waals surface area contributed by atoms with E-state index in [1.807, 2.05) is 24.1 Å². The predicted molar refractivity (Wildman–Crippen MR) is 86.8 cm³/mol. The molecule has 1 fully saturated rings. The molecule has 1 amide bonds. The molecule has 1 atom stereocenters. The van der Waals surface area contributed by atoms with Crippen LogP contribution in [0.5, 0.6) is 0 Å². The van der Waals surface area contributed by atoms with E-state index in [-0.39, 0.29) is 11.3 Å². The maximum absolute atomic E-state index is 12.8. The maximum atomic E-state index is 12.8. The Bertz CT molecular complexity index is 519. The third kappa shape index (κ3) is 3.55. The summed E-state index contributed by atoms with van der Waals surface area (Å²) in [5.74, 6) is 0.891. The van der Waals surface area contributed by atoms with Gasteiger partial charge in [-0.15, -0.1) is 0 Å². The normalized spacial score (nSPS) is 19.5. The van der Waals surface area contributed by atoms with E-state index >= 15 is 0 Å². The van der Waals surface area contributed by atoms with Crippen LogP contribution < -0.4 is 5.32 Å². The van der Waals surface area contributed by atoms with Crippen LogP contribution in [0.1, 0.15) is 63.0 Å². The Balaban J connectivity index is 2.36. The van der Waals surface area contributed by atoms with Crippen LogP contribution in [-0.4, -0.2) is 35.4 Å². The molecule has 4 nitrogen and oxygen atoms in total. The van der Waals surface area contributed by atoms with Crippen molar-refractivity contribution in [2.75, 3.05) is 18.9 Å². The van der Waals surface area contributed by atoms with Gasteiger partial charge < -0.3 is 10.2 Å². The zero-order valence-electron chi connectivity index (χ0n) is 13.9. The van der Waals surface area contributed by atoms with Crippen LogP contribution >= 0.6 is 0 Å². The van der Waals surface area contributed by atoms with Crippen molar-refractivity contribution >= 4 is 11.7 Å². The van der Waals surface area contributed by atoms with Gasteiger partial charge in [-0.25, -0.2) is 4.98 Å². The summed E-state index contributed by atoms with van der Waals surface area (Å²) in [5, 5.41) is 3.07. The molecule has 2 heterocycles. The van der Waals surface area contributed by atoms with Gasteiger partial charge in [-0.1, -0.05) is 20.8 Å². The fourth-order valence-electron chi connectivity index (χ4n) is 2.73. The molecule has 0 bridgehead atoms. The molecule has 1 saturated heterocycles. The molecule has 0 aliphatic carbocycles. The second-order valence-electron chi connectivity index (χ2n) is 6.97. The summed E-state index contributed by atoms with van der Waals surface area (Å²) < 4.78 is 0. The Kier molecular flexibility index (Phi) is 4.55. The zero-order chi connectivity index (χ0) is 15.6. The van der Waals surface area contributed by atoms with Crippen molar-refractivity contribution in [2.45, 2.75) is 58.4 Å². The van der Waals surface area contributed by atoms with Crippen molar-refractivity contribution < 1.29 is 4.79 Å². The van der Waals surface area contributed by atoms with Crippen LogP contribution in [0.3, 0.4) is 0 Å². The Morgan fingerprint density at radius 1 is 1.33 bits per heavy atom. The third-order valence-electron chi connectivity index (χ3n) is 4.16. The quantitative estimate of drug-likeness (QED) is 0.907. The number of likely N-dealkylation sites (tertiary alicyclic amines) is 1. The molecule has 1 unspecified atom stereocenters. The van der Waals surface area contributed by atoms with E-state index in [2.05, 4.69) is 38.0 Å². The topological polar surface area (TPSA) is 45.2 Å². The lowest BCUT2D eigenvalue weighted by Gasteiger charge is -2.33. The van der Waals surface area contributed by atoms with Gasteiger partial charge in [0.15, 0.2) is 0 Å². The summed E-state index contributed by atoms with van der Waals surface area (Å²) in [7, 11) is 1.84. The number of hydrogen-bond acceptors (Lipinski definition) is 3. The average molecular weight is 289 g/mol. The van der Waals surface area contributed by atoms with E-state index in [9.17, 15) is 4.79 Å². The summed E-state index contributed by atoms with van der Waals surface area (Å²) in [6, 6.07) is 4.14. The molecule has 2 rings (SSSR count). The number of hydrogen-bond donors (Lipinski definition) is 1. The van der Waals surface area contributed by atoms with Gasteiger partial charge in [0.25, 0.3) is 5.91 Å². The Hall–Kier alpha value is -1.58. The number of piperidine rings is 1. The van der Waals surface area contributed by atoms with E-state index < -0.39 is 0 Å². The Morgan fingerprint density at radius 3 is 2.62 bits per heavy atom. The monoisotopic (exact) mass is 289 g/mol. The van der Waals surface area contributed by atoms with E-state index in [4.69, 9.17) is 0 Å². The molecule has 1 aliphatic heterocycles. The molecule has 21 heavy (non-hydrogen) atoms. The molecule has 1 aromatic heterocycles. The second-order valence-corrected chi connectivity index (χ2v) is 6.97. The fourth-order valence-corrected chi connectivity index (χ4v) is 2.73. The summed E-state index contributed by atoms with van der Waals surface area (Å²) in [4.78, 5) is 19.4. The number of pyridine rings is 1. The SMILES string of the molecule is CNc1cc(C(=O)N2CCCCC2C)cc(C(C)(C)C)n1. The number of nitrogens with zero attached hydrogens (tertiary/aromatic N) is 2. The van der Waals surface area contributed by atoms with E-state index in [1.165, 1.54) is 6.42 Å². The highest BCUT2D eigenvalue weighted by Gasteiger charge is 2.26. The Labute approximate surface area is 127 Å². The number of carbonyl (C=O) groups is 1. The van der Waals surface area contributed by atoms with Gasteiger partial charge in [-0.05, 0) is 38.3 Å². The summed E-state index contributed by atoms with van der Waals surface area (Å²) >= 11 is 0. The maximum Gasteiger partial charge on any atom is 0.254 e. The van der Waals surface area contributed by atoms with Crippen molar-refractivity contribution in [3.8, 4) is 0 Å². The molecular weight excluding hydrogens is 262 g/mol. The van der Waals surface area contributed by atoms with Gasteiger partial charge in [-0.3, -0.25) is 4.79 Å². The number of aromatic nitrogens is 1. The number of rotatable bonds is 2. The van der Waals surface area contributed by atoms with Crippen LogP contribution in [-0.2, 0) is 5.41 Å². The standard InChI is InChI=1S/C17H27N3O/c1-12-8-6-7-9-20(12)16(21)13-10-14(17(2,3)4)19-15(11-13)18-5/h10-12H,6-9H2,1-5H3,(H,18,19). The average Bonchev–Trinajstić information content (AvgIpc) is 2.45. The van der Waals surface area contributed by atoms with Crippen molar-refractivity contribution in [1.29, 1.82) is 0 Å². The fraction of sp³-hybridized carbons (Fsp3) is 0.647. The highest BCUT2D eigenvalue weighted by molar-refractivity contribution is 5.95. The van der Waals surface area contributed by atoms with Crippen molar-refractivity contribution in [3.63, 3.8) is 0 Å². The lowest BCUT2D eigenvalue weighted by atomic mass is 9.90. The minimum atomic E-state index is -0.0740. The highest BCUT2D eigenvalue weighted by atomic mass is 16.2. The van der Waals surface area contributed by atoms with E-state index in [1.54, 1.807) is 0 Å². The largest absolute Gasteiger partial charge is 0.373 e. The predicted octanol–water partition coefficient (Wildman–Crippen LogP) is 3.44. The highest BCUT2D eigenvalue weighted by Crippen LogP contribution is 2.25. The molecular formula is C17H27N3O. The molecule has 116 valence electrons. The second kappa shape index (κ2) is 6.04. The first-order chi connectivity index (χ1) is 9.82. The smallest absolute Gasteiger partial charge is 0.254 e. The molecule has 4 heteroatoms. The summed E-state index contributed by atoms with van der Waals surface area (Å²) in [5.41, 5.74) is 1.62. The van der Waals surface area contributed by atoms with Crippen LogP contribution in [0.25, 0.3) is 0 Å². The minimum Gasteiger partial charge on any atom is -0.373 e. The van der Waals surface area contributed by atoms with Crippen LogP contribution in [0, 0.1) is 0 Å². The number of carbonyl (C=O) groups excluding carboxylic acids is 1. The van der Waals surface area contributed by atoms with Gasteiger partial charge in [0, 0.05) is 36.3 Å². The first kappa shape index (κ1) is 15.8. The van der Waals surface area contributed by atoms with Crippen LogP contribution in [0.4, 0.5) is 5.82 Å². The van der Waals surface area contributed by atoms with Crippen molar-refractivity contribution in [1.82, 2.24) is 9.88 Å². The molecule has 1 aliphatic rings. The van der Waals surface area contributed by atoms with E-state index in [0.717, 1.165) is 36.5 Å². The minimum absolute atomic E-state index is 0.0740. The van der Waals surface area contributed by atoms with Gasteiger partial charge in [0.05, 0.1) is 0 Å².